The highest BCUT2D eigenvalue weighted by Crippen LogP contribution is 2.43. The molecule has 3 N–H and O–H groups in total. The van der Waals surface area contributed by atoms with Crippen molar-refractivity contribution >= 4 is 15.9 Å². The van der Waals surface area contributed by atoms with E-state index in [9.17, 15) is 5.11 Å². The zero-order valence-corrected chi connectivity index (χ0v) is 12.2. The number of fused-ring (bicyclic) bond motifs is 1. The van der Waals surface area contributed by atoms with Crippen molar-refractivity contribution in [1.82, 2.24) is 0 Å². The van der Waals surface area contributed by atoms with Gasteiger partial charge in [-0.15, -0.1) is 0 Å². The predicted molar refractivity (Wildman–Crippen MR) is 75.2 cm³/mol. The average molecular weight is 311 g/mol. The Bertz CT molecular complexity index is 415. The Morgan fingerprint density at radius 3 is 2.72 bits per heavy atom. The molecule has 0 aromatic heterocycles. The molecular formula is C15H21BrNO+. The fourth-order valence-corrected chi connectivity index (χ4v) is 4.07. The first-order valence-corrected chi connectivity index (χ1v) is 7.79. The van der Waals surface area contributed by atoms with Gasteiger partial charge in [-0.2, -0.15) is 0 Å². The molecule has 18 heavy (non-hydrogen) atoms. The zero-order valence-electron chi connectivity index (χ0n) is 10.6. The monoisotopic (exact) mass is 310 g/mol. The van der Waals surface area contributed by atoms with Gasteiger partial charge >= 0.3 is 0 Å². The van der Waals surface area contributed by atoms with Crippen LogP contribution in [0.5, 0.6) is 0 Å². The number of benzene rings is 1. The molecule has 0 spiro atoms. The van der Waals surface area contributed by atoms with Crippen molar-refractivity contribution in [2.75, 3.05) is 6.54 Å². The summed E-state index contributed by atoms with van der Waals surface area (Å²) in [4.78, 5) is 0. The van der Waals surface area contributed by atoms with Crippen LogP contribution in [0.2, 0.25) is 0 Å². The number of aliphatic hydroxyl groups is 1. The summed E-state index contributed by atoms with van der Waals surface area (Å²) in [5.41, 5.74) is 0.966. The molecule has 0 bridgehead atoms. The molecule has 0 unspecified atom stereocenters. The van der Waals surface area contributed by atoms with Gasteiger partial charge in [0.2, 0.25) is 0 Å². The molecule has 1 aromatic rings. The number of quaternary nitrogens is 1. The lowest BCUT2D eigenvalue weighted by Gasteiger charge is -2.46. The molecule has 0 radical (unpaired) electrons. The summed E-state index contributed by atoms with van der Waals surface area (Å²) in [6, 6.07) is 9.06. The van der Waals surface area contributed by atoms with Crippen LogP contribution in [0.4, 0.5) is 0 Å². The molecule has 1 aliphatic heterocycles. The third-order valence-electron chi connectivity index (χ3n) is 4.75. The van der Waals surface area contributed by atoms with Crippen LogP contribution in [0.15, 0.2) is 28.7 Å². The second kappa shape index (κ2) is 4.95. The SMILES string of the molecule is O[C@]12CCCC[C@@H]1[C@@H](c1ccc(Br)cc1)[NH2+]CC2. The maximum Gasteiger partial charge on any atom is 0.117 e. The number of hydrogen-bond donors (Lipinski definition) is 2. The standard InChI is InChI=1S/C15H20BrNO/c16-12-6-4-11(5-7-12)14-13-3-1-2-8-15(13,18)9-10-17-14/h4-7,13-14,17-18H,1-3,8-10H2/p+1/t13-,14-,15+/m1/s1. The smallest absolute Gasteiger partial charge is 0.117 e. The van der Waals surface area contributed by atoms with Crippen molar-refractivity contribution in [3.8, 4) is 0 Å². The first-order valence-electron chi connectivity index (χ1n) is 7.00. The molecule has 1 aromatic carbocycles. The van der Waals surface area contributed by atoms with E-state index in [1.807, 2.05) is 0 Å². The van der Waals surface area contributed by atoms with Crippen molar-refractivity contribution in [3.05, 3.63) is 34.3 Å². The summed E-state index contributed by atoms with van der Waals surface area (Å²) in [7, 11) is 0. The van der Waals surface area contributed by atoms with Crippen LogP contribution in [0, 0.1) is 5.92 Å². The fourth-order valence-electron chi connectivity index (χ4n) is 3.80. The summed E-state index contributed by atoms with van der Waals surface area (Å²) < 4.78 is 1.13. The Labute approximate surface area is 117 Å². The minimum atomic E-state index is -0.398. The van der Waals surface area contributed by atoms with E-state index < -0.39 is 5.60 Å². The number of nitrogens with two attached hydrogens (primary N) is 1. The van der Waals surface area contributed by atoms with Gasteiger partial charge in [0, 0.05) is 22.4 Å². The normalized spacial score (nSPS) is 36.1. The number of halogens is 1. The van der Waals surface area contributed by atoms with E-state index in [0.29, 0.717) is 12.0 Å². The Morgan fingerprint density at radius 2 is 1.94 bits per heavy atom. The second-order valence-corrected chi connectivity index (χ2v) is 6.72. The van der Waals surface area contributed by atoms with Crippen LogP contribution in [-0.4, -0.2) is 17.3 Å². The average Bonchev–Trinajstić information content (AvgIpc) is 2.38. The molecule has 1 aliphatic carbocycles. The van der Waals surface area contributed by atoms with Crippen molar-refractivity contribution < 1.29 is 10.4 Å². The maximum absolute atomic E-state index is 10.8. The van der Waals surface area contributed by atoms with Gasteiger partial charge in [-0.05, 0) is 25.0 Å². The summed E-state index contributed by atoms with van der Waals surface area (Å²) in [6.45, 7) is 1.05. The topological polar surface area (TPSA) is 36.8 Å². The molecule has 3 rings (SSSR count). The maximum atomic E-state index is 10.8. The summed E-state index contributed by atoms with van der Waals surface area (Å²) in [5, 5.41) is 13.3. The van der Waals surface area contributed by atoms with Gasteiger partial charge in [0.05, 0.1) is 12.1 Å². The molecule has 98 valence electrons. The second-order valence-electron chi connectivity index (χ2n) is 5.81. The van der Waals surface area contributed by atoms with Crippen LogP contribution in [0.3, 0.4) is 0 Å². The van der Waals surface area contributed by atoms with Gasteiger partial charge in [-0.3, -0.25) is 0 Å². The third kappa shape index (κ3) is 2.24. The molecule has 2 fully saturated rings. The summed E-state index contributed by atoms with van der Waals surface area (Å²) >= 11 is 3.49. The van der Waals surface area contributed by atoms with E-state index in [0.717, 1.165) is 23.9 Å². The highest BCUT2D eigenvalue weighted by Gasteiger charge is 2.48. The third-order valence-corrected chi connectivity index (χ3v) is 5.28. The van der Waals surface area contributed by atoms with Gasteiger partial charge < -0.3 is 10.4 Å². The van der Waals surface area contributed by atoms with Crippen LogP contribution < -0.4 is 5.32 Å². The quantitative estimate of drug-likeness (QED) is 0.821. The van der Waals surface area contributed by atoms with E-state index in [1.165, 1.54) is 24.8 Å². The minimum absolute atomic E-state index is 0.398. The molecular weight excluding hydrogens is 290 g/mol. The van der Waals surface area contributed by atoms with Crippen molar-refractivity contribution in [3.63, 3.8) is 0 Å². The van der Waals surface area contributed by atoms with E-state index in [-0.39, 0.29) is 0 Å². The van der Waals surface area contributed by atoms with Crippen LogP contribution in [-0.2, 0) is 0 Å². The fraction of sp³-hybridized carbons (Fsp3) is 0.600. The van der Waals surface area contributed by atoms with Crippen molar-refractivity contribution in [1.29, 1.82) is 0 Å². The summed E-state index contributed by atoms with van der Waals surface area (Å²) in [5.74, 6) is 0.432. The zero-order chi connectivity index (χ0) is 12.6. The van der Waals surface area contributed by atoms with E-state index in [4.69, 9.17) is 0 Å². The highest BCUT2D eigenvalue weighted by atomic mass is 79.9. The Hall–Kier alpha value is -0.380. The predicted octanol–water partition coefficient (Wildman–Crippen LogP) is 2.38. The number of hydrogen-bond acceptors (Lipinski definition) is 1. The van der Waals surface area contributed by atoms with E-state index in [1.54, 1.807) is 0 Å². The van der Waals surface area contributed by atoms with E-state index in [2.05, 4.69) is 45.5 Å². The summed E-state index contributed by atoms with van der Waals surface area (Å²) in [6.07, 6.45) is 5.60. The molecule has 2 aliphatic rings. The number of piperidine rings is 1. The van der Waals surface area contributed by atoms with Crippen molar-refractivity contribution in [2.24, 2.45) is 5.92 Å². The lowest BCUT2D eigenvalue weighted by molar-refractivity contribution is -0.719. The van der Waals surface area contributed by atoms with Crippen LogP contribution in [0.1, 0.15) is 43.7 Å². The molecule has 0 amide bonds. The van der Waals surface area contributed by atoms with Gasteiger partial charge in [0.1, 0.15) is 6.04 Å². The highest BCUT2D eigenvalue weighted by molar-refractivity contribution is 9.10. The molecule has 2 nitrogen and oxygen atoms in total. The lowest BCUT2D eigenvalue weighted by Crippen LogP contribution is -2.91. The first-order chi connectivity index (χ1) is 8.69. The van der Waals surface area contributed by atoms with Gasteiger partial charge in [-0.1, -0.05) is 40.9 Å². The molecule has 1 saturated carbocycles. The Kier molecular flexibility index (Phi) is 3.48. The largest absolute Gasteiger partial charge is 0.389 e. The Balaban J connectivity index is 1.88. The van der Waals surface area contributed by atoms with Crippen molar-refractivity contribution in [2.45, 2.75) is 43.7 Å². The van der Waals surface area contributed by atoms with Gasteiger partial charge in [0.15, 0.2) is 0 Å². The Morgan fingerprint density at radius 1 is 1.17 bits per heavy atom. The number of rotatable bonds is 1. The van der Waals surface area contributed by atoms with Gasteiger partial charge in [0.25, 0.3) is 0 Å². The van der Waals surface area contributed by atoms with Crippen LogP contribution >= 0.6 is 15.9 Å². The lowest BCUT2D eigenvalue weighted by atomic mass is 9.67. The molecule has 3 atom stereocenters. The minimum Gasteiger partial charge on any atom is -0.389 e. The molecule has 1 heterocycles. The van der Waals surface area contributed by atoms with E-state index >= 15 is 0 Å². The van der Waals surface area contributed by atoms with Gasteiger partial charge in [-0.25, -0.2) is 0 Å². The van der Waals surface area contributed by atoms with Crippen LogP contribution in [0.25, 0.3) is 0 Å². The molecule has 3 heteroatoms. The molecule has 1 saturated heterocycles. The first kappa shape index (κ1) is 12.6.